The van der Waals surface area contributed by atoms with Crippen molar-refractivity contribution < 1.29 is 22.0 Å². The SMILES string of the molecule is Fc1cc(C(F)(F)F)c(Cl)cc1NC(=S)N1C2CCC1c1ccnc(F)c1C2. The van der Waals surface area contributed by atoms with Crippen LogP contribution in [0.4, 0.5) is 27.6 Å². The molecular formula is C18H13ClF5N3S. The van der Waals surface area contributed by atoms with Crippen molar-refractivity contribution in [1.82, 2.24) is 9.88 Å². The maximum atomic E-state index is 14.2. The Morgan fingerprint density at radius 2 is 2.00 bits per heavy atom. The second-order valence-electron chi connectivity index (χ2n) is 6.77. The maximum Gasteiger partial charge on any atom is 0.417 e. The summed E-state index contributed by atoms with van der Waals surface area (Å²) in [4.78, 5) is 5.54. The third-order valence-electron chi connectivity index (χ3n) is 5.18. The zero-order valence-corrected chi connectivity index (χ0v) is 15.7. The van der Waals surface area contributed by atoms with Crippen molar-refractivity contribution in [2.45, 2.75) is 37.5 Å². The van der Waals surface area contributed by atoms with Gasteiger partial charge in [-0.05, 0) is 55.2 Å². The summed E-state index contributed by atoms with van der Waals surface area (Å²) >= 11 is 11.1. The molecule has 2 bridgehead atoms. The van der Waals surface area contributed by atoms with Crippen LogP contribution in [0.2, 0.25) is 5.02 Å². The van der Waals surface area contributed by atoms with Gasteiger partial charge < -0.3 is 10.2 Å². The van der Waals surface area contributed by atoms with Gasteiger partial charge in [0.25, 0.3) is 0 Å². The van der Waals surface area contributed by atoms with E-state index in [2.05, 4.69) is 10.3 Å². The van der Waals surface area contributed by atoms with Gasteiger partial charge in [0.1, 0.15) is 5.82 Å². The van der Waals surface area contributed by atoms with Crippen LogP contribution in [0, 0.1) is 11.8 Å². The van der Waals surface area contributed by atoms with E-state index in [4.69, 9.17) is 23.8 Å². The van der Waals surface area contributed by atoms with Crippen LogP contribution in [0.1, 0.15) is 35.6 Å². The molecule has 2 aromatic rings. The number of hydrogen-bond acceptors (Lipinski definition) is 2. The Bertz CT molecular complexity index is 965. The number of benzene rings is 1. The van der Waals surface area contributed by atoms with Crippen molar-refractivity contribution in [3.05, 3.63) is 57.9 Å². The lowest BCUT2D eigenvalue weighted by molar-refractivity contribution is -0.137. The smallest absolute Gasteiger partial charge is 0.339 e. The zero-order chi connectivity index (χ0) is 20.2. The maximum absolute atomic E-state index is 14.2. The number of alkyl halides is 3. The predicted molar refractivity (Wildman–Crippen MR) is 98.1 cm³/mol. The van der Waals surface area contributed by atoms with Crippen LogP contribution in [0.25, 0.3) is 0 Å². The fraction of sp³-hybridized carbons (Fsp3) is 0.333. The van der Waals surface area contributed by atoms with E-state index in [1.165, 1.54) is 6.20 Å². The molecule has 2 atom stereocenters. The quantitative estimate of drug-likeness (QED) is 0.365. The molecule has 0 saturated carbocycles. The molecule has 28 heavy (non-hydrogen) atoms. The van der Waals surface area contributed by atoms with Crippen molar-refractivity contribution in [3.8, 4) is 0 Å². The molecule has 1 aromatic carbocycles. The second kappa shape index (κ2) is 6.81. The monoisotopic (exact) mass is 433 g/mol. The lowest BCUT2D eigenvalue weighted by Gasteiger charge is -2.38. The number of rotatable bonds is 1. The first-order chi connectivity index (χ1) is 13.2. The van der Waals surface area contributed by atoms with E-state index in [0.29, 0.717) is 18.1 Å². The van der Waals surface area contributed by atoms with E-state index < -0.39 is 28.5 Å². The van der Waals surface area contributed by atoms with Crippen molar-refractivity contribution in [1.29, 1.82) is 0 Å². The largest absolute Gasteiger partial charge is 0.417 e. The Morgan fingerprint density at radius 1 is 1.25 bits per heavy atom. The molecule has 0 spiro atoms. The number of fused-ring (bicyclic) bond motifs is 4. The predicted octanol–water partition coefficient (Wildman–Crippen LogP) is 5.49. The second-order valence-corrected chi connectivity index (χ2v) is 7.56. The first-order valence-corrected chi connectivity index (χ1v) is 9.24. The summed E-state index contributed by atoms with van der Waals surface area (Å²) in [7, 11) is 0. The van der Waals surface area contributed by atoms with Crippen molar-refractivity contribution in [2.24, 2.45) is 0 Å². The average Bonchev–Trinajstić information content (AvgIpc) is 2.93. The van der Waals surface area contributed by atoms with E-state index in [1.807, 2.05) is 4.90 Å². The summed E-state index contributed by atoms with van der Waals surface area (Å²) in [6.07, 6.45) is -1.47. The Hall–Kier alpha value is -2.00. The minimum absolute atomic E-state index is 0.0934. The number of aromatic nitrogens is 1. The number of anilines is 1. The molecule has 2 aliphatic rings. The van der Waals surface area contributed by atoms with Gasteiger partial charge in [0.05, 0.1) is 22.3 Å². The molecule has 1 fully saturated rings. The van der Waals surface area contributed by atoms with Gasteiger partial charge in [0, 0.05) is 17.8 Å². The van der Waals surface area contributed by atoms with Gasteiger partial charge in [0.2, 0.25) is 5.95 Å². The minimum Gasteiger partial charge on any atom is -0.339 e. The van der Waals surface area contributed by atoms with Crippen LogP contribution in [0.5, 0.6) is 0 Å². The van der Waals surface area contributed by atoms with E-state index in [9.17, 15) is 22.0 Å². The van der Waals surface area contributed by atoms with E-state index >= 15 is 0 Å². The summed E-state index contributed by atoms with van der Waals surface area (Å²) in [6, 6.07) is 2.66. The highest BCUT2D eigenvalue weighted by molar-refractivity contribution is 7.80. The van der Waals surface area contributed by atoms with Crippen LogP contribution >= 0.6 is 23.8 Å². The highest BCUT2D eigenvalue weighted by Gasteiger charge is 2.42. The highest BCUT2D eigenvalue weighted by Crippen LogP contribution is 2.44. The van der Waals surface area contributed by atoms with Crippen LogP contribution < -0.4 is 5.32 Å². The molecule has 148 valence electrons. The number of nitrogens with zero attached hydrogens (tertiary/aromatic N) is 2. The van der Waals surface area contributed by atoms with E-state index in [1.54, 1.807) is 6.07 Å². The Labute approximate surface area is 167 Å². The van der Waals surface area contributed by atoms with Crippen LogP contribution in [-0.2, 0) is 12.6 Å². The average molecular weight is 434 g/mol. The molecule has 0 amide bonds. The molecule has 0 aliphatic carbocycles. The van der Waals surface area contributed by atoms with Gasteiger partial charge in [-0.2, -0.15) is 17.6 Å². The number of nitrogens with one attached hydrogen (secondary N) is 1. The van der Waals surface area contributed by atoms with E-state index in [0.717, 1.165) is 24.5 Å². The fourth-order valence-electron chi connectivity index (χ4n) is 3.97. The molecular weight excluding hydrogens is 421 g/mol. The Kier molecular flexibility index (Phi) is 4.70. The molecule has 1 saturated heterocycles. The summed E-state index contributed by atoms with van der Waals surface area (Å²) in [5, 5.41) is 2.20. The normalized spacial score (nSPS) is 20.9. The summed E-state index contributed by atoms with van der Waals surface area (Å²) in [5.41, 5.74) is -0.165. The molecule has 0 radical (unpaired) electrons. The number of halogens is 6. The number of pyridine rings is 1. The van der Waals surface area contributed by atoms with Crippen molar-refractivity contribution >= 4 is 34.6 Å². The lowest BCUT2D eigenvalue weighted by atomic mass is 9.95. The zero-order valence-electron chi connectivity index (χ0n) is 14.2. The van der Waals surface area contributed by atoms with Crippen LogP contribution in [0.15, 0.2) is 24.4 Å². The molecule has 3 nitrogen and oxygen atoms in total. The summed E-state index contributed by atoms with van der Waals surface area (Å²) in [5.74, 6) is -1.62. The molecule has 2 aliphatic heterocycles. The van der Waals surface area contributed by atoms with Gasteiger partial charge >= 0.3 is 6.18 Å². The van der Waals surface area contributed by atoms with Gasteiger partial charge in [-0.25, -0.2) is 9.37 Å². The van der Waals surface area contributed by atoms with Crippen LogP contribution in [-0.4, -0.2) is 21.0 Å². The third kappa shape index (κ3) is 3.20. The summed E-state index contributed by atoms with van der Waals surface area (Å²) < 4.78 is 66.8. The first kappa shape index (κ1) is 19.3. The molecule has 10 heteroatoms. The highest BCUT2D eigenvalue weighted by atomic mass is 35.5. The van der Waals surface area contributed by atoms with Gasteiger partial charge in [-0.15, -0.1) is 0 Å². The molecule has 1 N–H and O–H groups in total. The van der Waals surface area contributed by atoms with Crippen molar-refractivity contribution in [2.75, 3.05) is 5.32 Å². The van der Waals surface area contributed by atoms with Crippen molar-refractivity contribution in [3.63, 3.8) is 0 Å². The topological polar surface area (TPSA) is 28.2 Å². The minimum atomic E-state index is -4.76. The lowest BCUT2D eigenvalue weighted by Crippen LogP contribution is -2.44. The molecule has 4 rings (SSSR count). The van der Waals surface area contributed by atoms with Gasteiger partial charge in [0.15, 0.2) is 5.11 Å². The fourth-order valence-corrected chi connectivity index (χ4v) is 4.62. The Morgan fingerprint density at radius 3 is 2.71 bits per heavy atom. The van der Waals surface area contributed by atoms with Gasteiger partial charge in [-0.1, -0.05) is 11.6 Å². The third-order valence-corrected chi connectivity index (χ3v) is 5.80. The van der Waals surface area contributed by atoms with E-state index in [-0.39, 0.29) is 22.9 Å². The Balaban J connectivity index is 1.61. The molecule has 2 unspecified atom stereocenters. The molecule has 1 aromatic heterocycles. The summed E-state index contributed by atoms with van der Waals surface area (Å²) in [6.45, 7) is 0. The van der Waals surface area contributed by atoms with Crippen LogP contribution in [0.3, 0.4) is 0 Å². The first-order valence-electron chi connectivity index (χ1n) is 8.45. The van der Waals surface area contributed by atoms with Gasteiger partial charge in [-0.3, -0.25) is 0 Å². The number of thiocarbonyl (C=S) groups is 1. The number of hydrogen-bond donors (Lipinski definition) is 1. The molecule has 3 heterocycles. The standard InChI is InChI=1S/C18H13ClF5N3S/c19-12-7-14(13(20)6-11(12)18(22,23)24)26-17(28)27-8-1-2-15(27)9-3-4-25-16(21)10(9)5-8/h3-4,6-8,15H,1-2,5H2,(H,26,28).